The predicted molar refractivity (Wildman–Crippen MR) is 64.9 cm³/mol. The molecule has 1 amide bonds. The van der Waals surface area contributed by atoms with E-state index in [1.165, 1.54) is 18.2 Å². The summed E-state index contributed by atoms with van der Waals surface area (Å²) in [6, 6.07) is 2.96. The van der Waals surface area contributed by atoms with Crippen LogP contribution in [0.15, 0.2) is 18.2 Å². The molecule has 5 heteroatoms. The summed E-state index contributed by atoms with van der Waals surface area (Å²) in [5.74, 6) is -2.23. The molecule has 98 valence electrons. The maximum absolute atomic E-state index is 13.1. The molecule has 0 fully saturated rings. The zero-order chi connectivity index (χ0) is 13.9. The number of hydrogen-bond donors (Lipinski definition) is 2. The standard InChI is InChI=1S/C13H16FNO3/c1-7(2)11(13(17)18)15-12(16)9-4-5-10(14)8(3)6-9/h4-7,11H,1-3H3,(H,15,16)(H,17,18)/t11-/m0/s1. The smallest absolute Gasteiger partial charge is 0.326 e. The van der Waals surface area contributed by atoms with Crippen LogP contribution in [0.2, 0.25) is 0 Å². The number of benzene rings is 1. The first-order valence-corrected chi connectivity index (χ1v) is 5.62. The van der Waals surface area contributed by atoms with Crippen LogP contribution in [0.3, 0.4) is 0 Å². The highest BCUT2D eigenvalue weighted by Gasteiger charge is 2.24. The van der Waals surface area contributed by atoms with E-state index in [2.05, 4.69) is 5.32 Å². The summed E-state index contributed by atoms with van der Waals surface area (Å²) in [5, 5.41) is 11.4. The SMILES string of the molecule is Cc1cc(C(=O)N[C@H](C(=O)O)C(C)C)ccc1F. The van der Waals surface area contributed by atoms with Crippen molar-refractivity contribution in [2.75, 3.05) is 0 Å². The largest absolute Gasteiger partial charge is 0.480 e. The van der Waals surface area contributed by atoms with Gasteiger partial charge in [-0.05, 0) is 36.6 Å². The van der Waals surface area contributed by atoms with Crippen molar-refractivity contribution in [1.82, 2.24) is 5.32 Å². The number of hydrogen-bond acceptors (Lipinski definition) is 2. The van der Waals surface area contributed by atoms with Crippen LogP contribution < -0.4 is 5.32 Å². The third kappa shape index (κ3) is 3.29. The number of amides is 1. The van der Waals surface area contributed by atoms with Crippen molar-refractivity contribution in [2.45, 2.75) is 26.8 Å². The molecular formula is C13H16FNO3. The van der Waals surface area contributed by atoms with Crippen LogP contribution in [-0.2, 0) is 4.79 Å². The van der Waals surface area contributed by atoms with E-state index in [4.69, 9.17) is 5.11 Å². The van der Waals surface area contributed by atoms with Gasteiger partial charge >= 0.3 is 5.97 Å². The fourth-order valence-electron chi connectivity index (χ4n) is 1.52. The molecule has 0 spiro atoms. The number of rotatable bonds is 4. The minimum Gasteiger partial charge on any atom is -0.480 e. The quantitative estimate of drug-likeness (QED) is 0.862. The average Bonchev–Trinajstić information content (AvgIpc) is 2.28. The lowest BCUT2D eigenvalue weighted by Gasteiger charge is -2.18. The molecular weight excluding hydrogens is 237 g/mol. The van der Waals surface area contributed by atoms with Crippen LogP contribution in [0.4, 0.5) is 4.39 Å². The molecule has 0 aromatic heterocycles. The van der Waals surface area contributed by atoms with Crippen LogP contribution in [0.25, 0.3) is 0 Å². The monoisotopic (exact) mass is 253 g/mol. The Labute approximate surface area is 105 Å². The van der Waals surface area contributed by atoms with Gasteiger partial charge in [0.15, 0.2) is 0 Å². The van der Waals surface area contributed by atoms with Crippen molar-refractivity contribution in [3.63, 3.8) is 0 Å². The van der Waals surface area contributed by atoms with Gasteiger partial charge in [0.05, 0.1) is 0 Å². The van der Waals surface area contributed by atoms with Crippen LogP contribution >= 0.6 is 0 Å². The molecule has 0 aliphatic carbocycles. The lowest BCUT2D eigenvalue weighted by atomic mass is 10.0. The van der Waals surface area contributed by atoms with Crippen LogP contribution in [0, 0.1) is 18.7 Å². The Morgan fingerprint density at radius 3 is 2.39 bits per heavy atom. The van der Waals surface area contributed by atoms with Gasteiger partial charge in [-0.25, -0.2) is 9.18 Å². The molecule has 0 saturated carbocycles. The van der Waals surface area contributed by atoms with E-state index in [0.717, 1.165) is 0 Å². The molecule has 0 heterocycles. The Bertz CT molecular complexity index is 471. The maximum atomic E-state index is 13.1. The van der Waals surface area contributed by atoms with Crippen LogP contribution in [0.5, 0.6) is 0 Å². The Kier molecular flexibility index (Phi) is 4.42. The summed E-state index contributed by atoms with van der Waals surface area (Å²) in [7, 11) is 0. The van der Waals surface area contributed by atoms with Crippen LogP contribution in [-0.4, -0.2) is 23.0 Å². The molecule has 18 heavy (non-hydrogen) atoms. The number of aliphatic carboxylic acids is 1. The van der Waals surface area contributed by atoms with Gasteiger partial charge in [0.25, 0.3) is 5.91 Å². The lowest BCUT2D eigenvalue weighted by Crippen LogP contribution is -2.44. The maximum Gasteiger partial charge on any atom is 0.326 e. The summed E-state index contributed by atoms with van der Waals surface area (Å²) in [4.78, 5) is 22.8. The summed E-state index contributed by atoms with van der Waals surface area (Å²) < 4.78 is 13.1. The van der Waals surface area contributed by atoms with E-state index in [9.17, 15) is 14.0 Å². The Morgan fingerprint density at radius 2 is 1.94 bits per heavy atom. The number of carboxylic acids is 1. The van der Waals surface area contributed by atoms with E-state index < -0.39 is 23.7 Å². The molecule has 1 aromatic rings. The van der Waals surface area contributed by atoms with Crippen molar-refractivity contribution >= 4 is 11.9 Å². The number of halogens is 1. The van der Waals surface area contributed by atoms with Gasteiger partial charge < -0.3 is 10.4 Å². The van der Waals surface area contributed by atoms with Crippen molar-refractivity contribution in [3.8, 4) is 0 Å². The van der Waals surface area contributed by atoms with Crippen LogP contribution in [0.1, 0.15) is 29.8 Å². The highest BCUT2D eigenvalue weighted by Crippen LogP contribution is 2.10. The number of carboxylic acid groups (broad SMARTS) is 1. The fraction of sp³-hybridized carbons (Fsp3) is 0.385. The van der Waals surface area contributed by atoms with E-state index in [1.54, 1.807) is 20.8 Å². The molecule has 0 unspecified atom stereocenters. The molecule has 0 aliphatic heterocycles. The van der Waals surface area contributed by atoms with E-state index in [0.29, 0.717) is 5.56 Å². The number of carbonyl (C=O) groups is 2. The molecule has 0 bridgehead atoms. The van der Waals surface area contributed by atoms with Crippen molar-refractivity contribution in [3.05, 3.63) is 35.1 Å². The number of aryl methyl sites for hydroxylation is 1. The second kappa shape index (κ2) is 5.62. The zero-order valence-corrected chi connectivity index (χ0v) is 10.5. The molecule has 0 aliphatic rings. The summed E-state index contributed by atoms with van der Waals surface area (Å²) in [5.41, 5.74) is 0.597. The van der Waals surface area contributed by atoms with Gasteiger partial charge in [0.2, 0.25) is 0 Å². The van der Waals surface area contributed by atoms with Gasteiger partial charge in [-0.3, -0.25) is 4.79 Å². The average molecular weight is 253 g/mol. The highest BCUT2D eigenvalue weighted by molar-refractivity contribution is 5.96. The van der Waals surface area contributed by atoms with E-state index in [-0.39, 0.29) is 11.5 Å². The Balaban J connectivity index is 2.87. The van der Waals surface area contributed by atoms with Gasteiger partial charge in [-0.1, -0.05) is 13.8 Å². The first kappa shape index (κ1) is 14.2. The third-order valence-corrected chi connectivity index (χ3v) is 2.64. The molecule has 0 saturated heterocycles. The Morgan fingerprint density at radius 1 is 1.33 bits per heavy atom. The normalized spacial score (nSPS) is 12.3. The van der Waals surface area contributed by atoms with Crippen molar-refractivity contribution < 1.29 is 19.1 Å². The number of nitrogens with one attached hydrogen (secondary N) is 1. The molecule has 1 aromatic carbocycles. The fourth-order valence-corrected chi connectivity index (χ4v) is 1.52. The van der Waals surface area contributed by atoms with E-state index >= 15 is 0 Å². The number of carbonyl (C=O) groups excluding carboxylic acids is 1. The van der Waals surface area contributed by atoms with Gasteiger partial charge in [0.1, 0.15) is 11.9 Å². The summed E-state index contributed by atoms with van der Waals surface area (Å²) in [6.07, 6.45) is 0. The van der Waals surface area contributed by atoms with Crippen molar-refractivity contribution in [2.24, 2.45) is 5.92 Å². The third-order valence-electron chi connectivity index (χ3n) is 2.64. The molecule has 4 nitrogen and oxygen atoms in total. The van der Waals surface area contributed by atoms with Gasteiger partial charge in [0, 0.05) is 5.56 Å². The topological polar surface area (TPSA) is 66.4 Å². The van der Waals surface area contributed by atoms with Crippen molar-refractivity contribution in [1.29, 1.82) is 0 Å². The molecule has 1 rings (SSSR count). The summed E-state index contributed by atoms with van der Waals surface area (Å²) >= 11 is 0. The minimum absolute atomic E-state index is 0.229. The lowest BCUT2D eigenvalue weighted by molar-refractivity contribution is -0.140. The first-order valence-electron chi connectivity index (χ1n) is 5.62. The second-order valence-corrected chi connectivity index (χ2v) is 4.50. The Hall–Kier alpha value is -1.91. The highest BCUT2D eigenvalue weighted by atomic mass is 19.1. The van der Waals surface area contributed by atoms with E-state index in [1.807, 2.05) is 0 Å². The molecule has 0 radical (unpaired) electrons. The summed E-state index contributed by atoms with van der Waals surface area (Å²) in [6.45, 7) is 4.95. The second-order valence-electron chi connectivity index (χ2n) is 4.50. The van der Waals surface area contributed by atoms with Gasteiger partial charge in [-0.15, -0.1) is 0 Å². The van der Waals surface area contributed by atoms with Gasteiger partial charge in [-0.2, -0.15) is 0 Å². The molecule has 2 N–H and O–H groups in total. The minimum atomic E-state index is -1.09. The zero-order valence-electron chi connectivity index (χ0n) is 10.5. The molecule has 1 atom stereocenters. The predicted octanol–water partition coefficient (Wildman–Crippen LogP) is 1.97. The first-order chi connectivity index (χ1) is 8.32.